The van der Waals surface area contributed by atoms with Gasteiger partial charge < -0.3 is 14.6 Å². The predicted molar refractivity (Wildman–Crippen MR) is 121 cm³/mol. The van der Waals surface area contributed by atoms with Crippen LogP contribution in [0.15, 0.2) is 77.5 Å². The molecule has 1 N–H and O–H groups in total. The van der Waals surface area contributed by atoms with Crippen LogP contribution in [0, 0.1) is 0 Å². The Morgan fingerprint density at radius 3 is 2.58 bits per heavy atom. The van der Waals surface area contributed by atoms with Gasteiger partial charge in [-0.2, -0.15) is 5.10 Å². The van der Waals surface area contributed by atoms with Crippen molar-refractivity contribution in [3.63, 3.8) is 0 Å². The molecule has 0 saturated carbocycles. The largest absolute Gasteiger partial charge is 0.441 e. The topological polar surface area (TPSA) is 76.2 Å². The first-order valence-electron chi connectivity index (χ1n) is 10.2. The van der Waals surface area contributed by atoms with Gasteiger partial charge in [0.2, 0.25) is 5.91 Å². The molecule has 4 aromatic rings. The van der Waals surface area contributed by atoms with Crippen molar-refractivity contribution in [1.82, 2.24) is 14.8 Å². The SMILES string of the molecule is CN(C)c1ccc(Cn2nccc2NC(=O)CCc2ncc(-c3ccccc3)o2)cc1. The third kappa shape index (κ3) is 5.19. The van der Waals surface area contributed by atoms with E-state index < -0.39 is 0 Å². The molecule has 1 amide bonds. The fraction of sp³-hybridized carbons (Fsp3) is 0.208. The lowest BCUT2D eigenvalue weighted by atomic mass is 10.2. The highest BCUT2D eigenvalue weighted by atomic mass is 16.4. The minimum Gasteiger partial charge on any atom is -0.441 e. The van der Waals surface area contributed by atoms with E-state index in [1.54, 1.807) is 23.1 Å². The van der Waals surface area contributed by atoms with E-state index in [9.17, 15) is 4.79 Å². The first-order chi connectivity index (χ1) is 15.1. The van der Waals surface area contributed by atoms with Crippen molar-refractivity contribution in [3.8, 4) is 11.3 Å². The molecule has 0 spiro atoms. The van der Waals surface area contributed by atoms with Crippen molar-refractivity contribution in [1.29, 1.82) is 0 Å². The Labute approximate surface area is 181 Å². The van der Waals surface area contributed by atoms with Gasteiger partial charge in [-0.3, -0.25) is 4.79 Å². The van der Waals surface area contributed by atoms with Gasteiger partial charge in [0.1, 0.15) is 5.82 Å². The zero-order chi connectivity index (χ0) is 21.6. The van der Waals surface area contributed by atoms with Crippen LogP contribution in [0.5, 0.6) is 0 Å². The van der Waals surface area contributed by atoms with Gasteiger partial charge >= 0.3 is 0 Å². The fourth-order valence-electron chi connectivity index (χ4n) is 3.22. The number of benzene rings is 2. The summed E-state index contributed by atoms with van der Waals surface area (Å²) in [4.78, 5) is 18.8. The highest BCUT2D eigenvalue weighted by molar-refractivity contribution is 5.89. The molecule has 0 saturated heterocycles. The summed E-state index contributed by atoms with van der Waals surface area (Å²) >= 11 is 0. The van der Waals surface area contributed by atoms with Crippen LogP contribution >= 0.6 is 0 Å². The summed E-state index contributed by atoms with van der Waals surface area (Å²) in [7, 11) is 4.02. The number of anilines is 2. The first-order valence-corrected chi connectivity index (χ1v) is 10.2. The molecule has 0 unspecified atom stereocenters. The average molecular weight is 415 g/mol. The quantitative estimate of drug-likeness (QED) is 0.466. The molecule has 0 aliphatic carbocycles. The van der Waals surface area contributed by atoms with Crippen molar-refractivity contribution >= 4 is 17.4 Å². The molecule has 7 heteroatoms. The normalized spacial score (nSPS) is 10.8. The van der Waals surface area contributed by atoms with Crippen molar-refractivity contribution < 1.29 is 9.21 Å². The van der Waals surface area contributed by atoms with Crippen LogP contribution in [0.1, 0.15) is 17.9 Å². The summed E-state index contributed by atoms with van der Waals surface area (Å²) in [5.41, 5.74) is 3.21. The lowest BCUT2D eigenvalue weighted by Crippen LogP contribution is -2.16. The standard InChI is InChI=1S/C24H25N5O2/c1-28(2)20-10-8-18(9-11-20)17-29-22(14-15-26-29)27-23(30)12-13-24-25-16-21(31-24)19-6-4-3-5-7-19/h3-11,14-16H,12-13,17H2,1-2H3,(H,27,30). The van der Waals surface area contributed by atoms with Crippen LogP contribution in [0.25, 0.3) is 11.3 Å². The lowest BCUT2D eigenvalue weighted by Gasteiger charge is -2.13. The van der Waals surface area contributed by atoms with E-state index in [-0.39, 0.29) is 12.3 Å². The van der Waals surface area contributed by atoms with Gasteiger partial charge in [-0.05, 0) is 17.7 Å². The van der Waals surface area contributed by atoms with E-state index in [1.165, 1.54) is 0 Å². The molecule has 0 radical (unpaired) electrons. The predicted octanol–water partition coefficient (Wildman–Crippen LogP) is 4.22. The summed E-state index contributed by atoms with van der Waals surface area (Å²) in [6, 6.07) is 19.8. The molecule has 0 atom stereocenters. The van der Waals surface area contributed by atoms with Gasteiger partial charge in [0.25, 0.3) is 0 Å². The summed E-state index contributed by atoms with van der Waals surface area (Å²) in [6.45, 7) is 0.580. The van der Waals surface area contributed by atoms with Crippen LogP contribution in [0.4, 0.5) is 11.5 Å². The second-order valence-corrected chi connectivity index (χ2v) is 7.47. The van der Waals surface area contributed by atoms with Crippen molar-refractivity contribution in [2.24, 2.45) is 0 Å². The Bertz CT molecular complexity index is 1130. The maximum atomic E-state index is 12.5. The zero-order valence-corrected chi connectivity index (χ0v) is 17.7. The molecule has 2 aromatic heterocycles. The molecular formula is C24H25N5O2. The Morgan fingerprint density at radius 1 is 1.06 bits per heavy atom. The van der Waals surface area contributed by atoms with E-state index in [1.807, 2.05) is 44.4 Å². The van der Waals surface area contributed by atoms with E-state index in [0.717, 1.165) is 16.8 Å². The van der Waals surface area contributed by atoms with E-state index >= 15 is 0 Å². The van der Waals surface area contributed by atoms with Gasteiger partial charge in [0.05, 0.1) is 18.9 Å². The number of aryl methyl sites for hydroxylation is 1. The summed E-state index contributed by atoms with van der Waals surface area (Å²) in [6.07, 6.45) is 4.08. The summed E-state index contributed by atoms with van der Waals surface area (Å²) in [5, 5.41) is 7.27. The van der Waals surface area contributed by atoms with Gasteiger partial charge in [-0.15, -0.1) is 0 Å². The summed E-state index contributed by atoms with van der Waals surface area (Å²) in [5.74, 6) is 1.81. The van der Waals surface area contributed by atoms with Gasteiger partial charge in [0, 0.05) is 44.3 Å². The van der Waals surface area contributed by atoms with Crippen molar-refractivity contribution in [2.75, 3.05) is 24.3 Å². The Kier molecular flexibility index (Phi) is 6.12. The molecule has 4 rings (SSSR count). The molecule has 2 heterocycles. The Morgan fingerprint density at radius 2 is 1.84 bits per heavy atom. The molecule has 0 aliphatic heterocycles. The minimum absolute atomic E-state index is 0.107. The molecular weight excluding hydrogens is 390 g/mol. The van der Waals surface area contributed by atoms with E-state index in [0.29, 0.717) is 30.4 Å². The highest BCUT2D eigenvalue weighted by Gasteiger charge is 2.11. The number of hydrogen-bond donors (Lipinski definition) is 1. The second-order valence-electron chi connectivity index (χ2n) is 7.47. The number of carbonyl (C=O) groups excluding carboxylic acids is 1. The average Bonchev–Trinajstić information content (AvgIpc) is 3.43. The molecule has 2 aromatic carbocycles. The lowest BCUT2D eigenvalue weighted by molar-refractivity contribution is -0.116. The second kappa shape index (κ2) is 9.30. The molecule has 158 valence electrons. The number of rotatable bonds is 8. The minimum atomic E-state index is -0.107. The number of hydrogen-bond acceptors (Lipinski definition) is 5. The maximum Gasteiger partial charge on any atom is 0.226 e. The molecule has 0 aliphatic rings. The fourth-order valence-corrected chi connectivity index (χ4v) is 3.22. The number of amides is 1. The highest BCUT2D eigenvalue weighted by Crippen LogP contribution is 2.20. The third-order valence-corrected chi connectivity index (χ3v) is 4.95. The number of oxazole rings is 1. The van der Waals surface area contributed by atoms with Gasteiger partial charge in [-0.25, -0.2) is 9.67 Å². The first kappa shape index (κ1) is 20.4. The molecule has 0 fully saturated rings. The molecule has 7 nitrogen and oxygen atoms in total. The molecule has 0 bridgehead atoms. The number of aromatic nitrogens is 3. The van der Waals surface area contributed by atoms with Crippen LogP contribution in [0.3, 0.4) is 0 Å². The number of nitrogens with zero attached hydrogens (tertiary/aromatic N) is 4. The Balaban J connectivity index is 1.32. The molecule has 31 heavy (non-hydrogen) atoms. The van der Waals surface area contributed by atoms with E-state index in [2.05, 4.69) is 44.6 Å². The van der Waals surface area contributed by atoms with Crippen LogP contribution in [-0.2, 0) is 17.8 Å². The van der Waals surface area contributed by atoms with Crippen LogP contribution in [0.2, 0.25) is 0 Å². The number of nitrogens with one attached hydrogen (secondary N) is 1. The Hall–Kier alpha value is -3.87. The van der Waals surface area contributed by atoms with Crippen LogP contribution < -0.4 is 10.2 Å². The zero-order valence-electron chi connectivity index (χ0n) is 17.7. The third-order valence-electron chi connectivity index (χ3n) is 4.95. The van der Waals surface area contributed by atoms with Crippen molar-refractivity contribution in [2.45, 2.75) is 19.4 Å². The summed E-state index contributed by atoms with van der Waals surface area (Å²) < 4.78 is 7.55. The van der Waals surface area contributed by atoms with Gasteiger partial charge in [-0.1, -0.05) is 42.5 Å². The van der Waals surface area contributed by atoms with E-state index in [4.69, 9.17) is 4.42 Å². The van der Waals surface area contributed by atoms with Gasteiger partial charge in [0.15, 0.2) is 11.7 Å². The number of carbonyl (C=O) groups is 1. The smallest absolute Gasteiger partial charge is 0.226 e. The monoisotopic (exact) mass is 415 g/mol. The maximum absolute atomic E-state index is 12.5. The van der Waals surface area contributed by atoms with Crippen LogP contribution in [-0.4, -0.2) is 34.8 Å². The van der Waals surface area contributed by atoms with Crippen molar-refractivity contribution in [3.05, 3.63) is 84.5 Å².